The summed E-state index contributed by atoms with van der Waals surface area (Å²) in [7, 11) is 0. The molecule has 0 atom stereocenters. The Balaban J connectivity index is 1.29. The van der Waals surface area contributed by atoms with Crippen LogP contribution >= 0.6 is 0 Å². The van der Waals surface area contributed by atoms with Crippen molar-refractivity contribution in [2.24, 2.45) is 22.9 Å². The summed E-state index contributed by atoms with van der Waals surface area (Å²) in [4.78, 5) is 17.4. The van der Waals surface area contributed by atoms with Crippen LogP contribution in [0.1, 0.15) is 44.1 Å². The SMILES string of the molecule is O=C(CO/N=C\c1ccccc1OC(F)F)NC12CC3CC(CC(C3)C1)C2. The Kier molecular flexibility index (Phi) is 5.02. The van der Waals surface area contributed by atoms with Gasteiger partial charge in [-0.25, -0.2) is 0 Å². The van der Waals surface area contributed by atoms with Gasteiger partial charge in [0.05, 0.1) is 6.21 Å². The summed E-state index contributed by atoms with van der Waals surface area (Å²) in [6, 6.07) is 6.28. The van der Waals surface area contributed by atoms with Crippen molar-refractivity contribution in [3.63, 3.8) is 0 Å². The molecule has 5 nitrogen and oxygen atoms in total. The lowest BCUT2D eigenvalue weighted by molar-refractivity contribution is -0.131. The molecule has 0 aromatic heterocycles. The molecule has 0 heterocycles. The minimum absolute atomic E-state index is 0.0119. The maximum absolute atomic E-state index is 12.4. The lowest BCUT2D eigenvalue weighted by Gasteiger charge is -2.56. The number of amides is 1. The summed E-state index contributed by atoms with van der Waals surface area (Å²) in [6.45, 7) is -3.10. The van der Waals surface area contributed by atoms with E-state index in [0.29, 0.717) is 5.56 Å². The number of hydrogen-bond donors (Lipinski definition) is 1. The van der Waals surface area contributed by atoms with Crippen LogP contribution in [-0.2, 0) is 9.63 Å². The van der Waals surface area contributed by atoms with Crippen LogP contribution in [0.4, 0.5) is 8.78 Å². The zero-order valence-corrected chi connectivity index (χ0v) is 15.1. The van der Waals surface area contributed by atoms with Crippen molar-refractivity contribution in [2.75, 3.05) is 6.61 Å². The van der Waals surface area contributed by atoms with Crippen molar-refractivity contribution in [3.8, 4) is 5.75 Å². The minimum atomic E-state index is -2.91. The van der Waals surface area contributed by atoms with Gasteiger partial charge in [0.2, 0.25) is 0 Å². The van der Waals surface area contributed by atoms with Gasteiger partial charge < -0.3 is 14.9 Å². The first-order chi connectivity index (χ1) is 13.0. The van der Waals surface area contributed by atoms with Crippen molar-refractivity contribution in [3.05, 3.63) is 29.8 Å². The summed E-state index contributed by atoms with van der Waals surface area (Å²) in [5, 5.41) is 6.93. The smallest absolute Gasteiger partial charge is 0.387 e. The molecule has 5 rings (SSSR count). The highest BCUT2D eigenvalue weighted by molar-refractivity contribution is 5.83. The summed E-state index contributed by atoms with van der Waals surface area (Å²) in [5.74, 6) is 2.09. The number of alkyl halides is 2. The van der Waals surface area contributed by atoms with E-state index in [1.807, 2.05) is 0 Å². The molecule has 1 amide bonds. The summed E-state index contributed by atoms with van der Waals surface area (Å²) in [6.07, 6.45) is 8.45. The molecule has 1 aromatic carbocycles. The topological polar surface area (TPSA) is 59.9 Å². The molecule has 4 aliphatic carbocycles. The van der Waals surface area contributed by atoms with E-state index in [4.69, 9.17) is 4.84 Å². The second-order valence-corrected chi connectivity index (χ2v) is 8.17. The average molecular weight is 378 g/mol. The Bertz CT molecular complexity index is 688. The Morgan fingerprint density at radius 1 is 1.19 bits per heavy atom. The van der Waals surface area contributed by atoms with Gasteiger partial charge in [0.15, 0.2) is 6.61 Å². The fourth-order valence-electron chi connectivity index (χ4n) is 5.58. The van der Waals surface area contributed by atoms with Gasteiger partial charge in [0.25, 0.3) is 5.91 Å². The molecule has 1 N–H and O–H groups in total. The summed E-state index contributed by atoms with van der Waals surface area (Å²) < 4.78 is 29.2. The third-order valence-corrected chi connectivity index (χ3v) is 6.04. The Labute approximate surface area is 157 Å². The van der Waals surface area contributed by atoms with Crippen LogP contribution in [0.2, 0.25) is 0 Å². The first-order valence-electron chi connectivity index (χ1n) is 9.51. The summed E-state index contributed by atoms with van der Waals surface area (Å²) in [5.41, 5.74) is 0.302. The predicted molar refractivity (Wildman–Crippen MR) is 95.7 cm³/mol. The van der Waals surface area contributed by atoms with E-state index in [9.17, 15) is 13.6 Å². The molecular weight excluding hydrogens is 354 g/mol. The van der Waals surface area contributed by atoms with E-state index in [0.717, 1.165) is 37.0 Å². The van der Waals surface area contributed by atoms with E-state index >= 15 is 0 Å². The second-order valence-electron chi connectivity index (χ2n) is 8.17. The van der Waals surface area contributed by atoms with Gasteiger partial charge >= 0.3 is 6.61 Å². The number of benzene rings is 1. The quantitative estimate of drug-likeness (QED) is 0.581. The van der Waals surface area contributed by atoms with Crippen molar-refractivity contribution in [1.82, 2.24) is 5.32 Å². The van der Waals surface area contributed by atoms with Crippen LogP contribution in [0.25, 0.3) is 0 Å². The van der Waals surface area contributed by atoms with Crippen LogP contribution in [0.5, 0.6) is 5.75 Å². The fourth-order valence-corrected chi connectivity index (χ4v) is 5.58. The molecule has 0 radical (unpaired) electrons. The first kappa shape index (κ1) is 18.2. The highest BCUT2D eigenvalue weighted by Crippen LogP contribution is 2.55. The third-order valence-electron chi connectivity index (χ3n) is 6.04. The molecule has 4 aliphatic rings. The van der Waals surface area contributed by atoms with Gasteiger partial charge in [-0.2, -0.15) is 8.78 Å². The van der Waals surface area contributed by atoms with Crippen molar-refractivity contribution < 1.29 is 23.1 Å². The van der Waals surface area contributed by atoms with E-state index in [1.54, 1.807) is 18.2 Å². The highest BCUT2D eigenvalue weighted by Gasteiger charge is 2.51. The van der Waals surface area contributed by atoms with Crippen LogP contribution in [0, 0.1) is 17.8 Å². The van der Waals surface area contributed by atoms with E-state index in [2.05, 4.69) is 15.2 Å². The molecule has 0 aliphatic heterocycles. The maximum atomic E-state index is 12.4. The number of hydrogen-bond acceptors (Lipinski definition) is 4. The molecule has 0 saturated heterocycles. The molecule has 27 heavy (non-hydrogen) atoms. The number of nitrogens with zero attached hydrogens (tertiary/aromatic N) is 1. The normalized spacial score (nSPS) is 31.4. The molecule has 7 heteroatoms. The molecule has 4 fully saturated rings. The van der Waals surface area contributed by atoms with Crippen LogP contribution in [0.3, 0.4) is 0 Å². The van der Waals surface area contributed by atoms with Gasteiger partial charge in [0, 0.05) is 11.1 Å². The number of oxime groups is 1. The monoisotopic (exact) mass is 378 g/mol. The average Bonchev–Trinajstić information content (AvgIpc) is 2.58. The molecule has 4 bridgehead atoms. The van der Waals surface area contributed by atoms with Crippen molar-refractivity contribution in [2.45, 2.75) is 50.7 Å². The zero-order valence-electron chi connectivity index (χ0n) is 15.1. The van der Waals surface area contributed by atoms with Crippen LogP contribution < -0.4 is 10.1 Å². The fraction of sp³-hybridized carbons (Fsp3) is 0.600. The van der Waals surface area contributed by atoms with E-state index in [-0.39, 0.29) is 23.8 Å². The minimum Gasteiger partial charge on any atom is -0.434 e. The first-order valence-corrected chi connectivity index (χ1v) is 9.51. The lowest BCUT2D eigenvalue weighted by atomic mass is 9.53. The van der Waals surface area contributed by atoms with E-state index in [1.165, 1.54) is 31.5 Å². The zero-order chi connectivity index (χ0) is 18.9. The number of halogens is 2. The standard InChI is InChI=1S/C20H24F2N2O3/c21-19(22)27-17-4-2-1-3-16(17)11-23-26-12-18(25)24-20-8-13-5-14(9-20)7-15(6-13)10-20/h1-4,11,13-15,19H,5-10,12H2,(H,24,25)/b23-11-. The number of para-hydroxylation sites is 1. The highest BCUT2D eigenvalue weighted by atomic mass is 19.3. The maximum Gasteiger partial charge on any atom is 0.387 e. The molecular formula is C20H24F2N2O3. The molecule has 0 unspecified atom stereocenters. The Morgan fingerprint density at radius 2 is 1.81 bits per heavy atom. The molecule has 1 aromatic rings. The number of carbonyl (C=O) groups is 1. The van der Waals surface area contributed by atoms with Crippen LogP contribution in [-0.4, -0.2) is 30.9 Å². The van der Waals surface area contributed by atoms with Crippen molar-refractivity contribution in [1.29, 1.82) is 0 Å². The molecule has 0 spiro atoms. The predicted octanol–water partition coefficient (Wildman–Crippen LogP) is 3.72. The van der Waals surface area contributed by atoms with Gasteiger partial charge in [-0.1, -0.05) is 17.3 Å². The Hall–Kier alpha value is -2.18. The lowest BCUT2D eigenvalue weighted by Crippen LogP contribution is -2.60. The number of ether oxygens (including phenoxy) is 1. The number of rotatable bonds is 7. The summed E-state index contributed by atoms with van der Waals surface area (Å²) >= 11 is 0. The van der Waals surface area contributed by atoms with Crippen LogP contribution in [0.15, 0.2) is 29.4 Å². The van der Waals surface area contributed by atoms with Crippen molar-refractivity contribution >= 4 is 12.1 Å². The Morgan fingerprint density at radius 3 is 2.44 bits per heavy atom. The molecule has 146 valence electrons. The van der Waals surface area contributed by atoms with E-state index < -0.39 is 6.61 Å². The molecule has 4 saturated carbocycles. The number of nitrogens with one attached hydrogen (secondary N) is 1. The van der Waals surface area contributed by atoms with Gasteiger partial charge in [-0.3, -0.25) is 4.79 Å². The van der Waals surface area contributed by atoms with Gasteiger partial charge in [-0.15, -0.1) is 0 Å². The second kappa shape index (κ2) is 7.44. The van der Waals surface area contributed by atoms with Gasteiger partial charge in [-0.05, 0) is 68.4 Å². The van der Waals surface area contributed by atoms with Gasteiger partial charge in [0.1, 0.15) is 5.75 Å². The third kappa shape index (κ3) is 4.22. The largest absolute Gasteiger partial charge is 0.434 e. The number of carbonyl (C=O) groups excluding carboxylic acids is 1.